The molecule has 1 aromatic heterocycles. The Kier molecular flexibility index (Phi) is 5.86. The fourth-order valence-electron chi connectivity index (χ4n) is 6.01. The second kappa shape index (κ2) is 9.00. The van der Waals surface area contributed by atoms with Gasteiger partial charge in [-0.2, -0.15) is 4.98 Å². The molecule has 0 saturated carbocycles. The molecule has 0 N–H and O–H groups in total. The molecule has 2 fully saturated rings. The summed E-state index contributed by atoms with van der Waals surface area (Å²) in [5.41, 5.74) is 1.75. The average Bonchev–Trinajstić information content (AvgIpc) is 2.85. The largest absolute Gasteiger partial charge is 0.352 e. The number of thioether (sulfide) groups is 1. The van der Waals surface area contributed by atoms with Crippen LogP contribution in [0.5, 0.6) is 0 Å². The number of piperidine rings is 1. The van der Waals surface area contributed by atoms with Crippen molar-refractivity contribution in [2.24, 2.45) is 0 Å². The second-order valence-corrected chi connectivity index (χ2v) is 11.0. The van der Waals surface area contributed by atoms with Gasteiger partial charge in [-0.25, -0.2) is 18.0 Å². The number of amides is 1. The molecule has 3 aliphatic rings. The molecule has 4 heterocycles. The van der Waals surface area contributed by atoms with E-state index in [1.54, 1.807) is 4.57 Å². The van der Waals surface area contributed by atoms with Crippen LogP contribution in [0.15, 0.2) is 46.4 Å². The number of carbonyl (C=O) groups excluding carboxylic acids is 2. The molecular weight excluding hydrogens is 517 g/mol. The van der Waals surface area contributed by atoms with Gasteiger partial charge in [0.05, 0.1) is 17.6 Å². The molecule has 3 aliphatic heterocycles. The first-order valence-corrected chi connectivity index (χ1v) is 13.2. The highest BCUT2D eigenvalue weighted by Gasteiger charge is 2.44. The highest BCUT2D eigenvalue weighted by Crippen LogP contribution is 2.45. The van der Waals surface area contributed by atoms with Crippen molar-refractivity contribution < 1.29 is 22.8 Å². The van der Waals surface area contributed by atoms with E-state index in [-0.39, 0.29) is 37.3 Å². The van der Waals surface area contributed by atoms with Gasteiger partial charge >= 0.3 is 5.69 Å². The highest BCUT2D eigenvalue weighted by molar-refractivity contribution is 7.99. The molecule has 7 nitrogen and oxygen atoms in total. The molecule has 2 saturated heterocycles. The third-order valence-corrected chi connectivity index (χ3v) is 8.57. The van der Waals surface area contributed by atoms with Crippen LogP contribution in [-0.2, 0) is 16.1 Å². The smallest absolute Gasteiger partial charge is 0.350 e. The predicted octanol–water partition coefficient (Wildman–Crippen LogP) is 3.99. The number of Topliss-reactive ketones (excluding diaryl/α,β-unsaturated/α-hetero) is 1. The number of carbonyl (C=O) groups is 2. The van der Waals surface area contributed by atoms with E-state index in [0.717, 1.165) is 16.5 Å². The zero-order valence-electron chi connectivity index (χ0n) is 20.5. The summed E-state index contributed by atoms with van der Waals surface area (Å²) in [6.07, 6.45) is 0.157. The molecule has 0 aliphatic carbocycles. The topological polar surface area (TPSA) is 75.5 Å². The van der Waals surface area contributed by atoms with Gasteiger partial charge in [-0.3, -0.25) is 14.2 Å². The van der Waals surface area contributed by atoms with Crippen molar-refractivity contribution >= 4 is 40.2 Å². The molecule has 6 rings (SSSR count). The molecule has 2 atom stereocenters. The number of ketones is 1. The standard InChI is InChI=1S/C27H23F3N4O3S/c1-13-7-20-23-24(22(13)19-4-3-15(29)8-21(19)30)38-6-5-33(23)27(37)31-25(20)32-11-16-9-18(35)10-17(12-32)34(16)26(36)14(2)28/h3-4,7-8,16-17H,2,5-6,9-12H2,1H3. The van der Waals surface area contributed by atoms with Gasteiger partial charge in [0, 0.05) is 65.7 Å². The van der Waals surface area contributed by atoms with E-state index in [1.807, 2.05) is 17.9 Å². The third kappa shape index (κ3) is 3.82. The number of rotatable bonds is 3. The molecule has 0 radical (unpaired) electrons. The first-order valence-electron chi connectivity index (χ1n) is 12.2. The first kappa shape index (κ1) is 24.7. The molecule has 2 bridgehead atoms. The normalized spacial score (nSPS) is 20.7. The van der Waals surface area contributed by atoms with Gasteiger partial charge in [0.2, 0.25) is 0 Å². The third-order valence-electron chi connectivity index (χ3n) is 7.50. The Morgan fingerprint density at radius 2 is 1.84 bits per heavy atom. The number of hydrogen-bond donors (Lipinski definition) is 0. The van der Waals surface area contributed by atoms with Gasteiger partial charge in [0.1, 0.15) is 23.2 Å². The predicted molar refractivity (Wildman–Crippen MR) is 138 cm³/mol. The molecule has 11 heteroatoms. The highest BCUT2D eigenvalue weighted by atomic mass is 32.2. The number of benzene rings is 2. The lowest BCUT2D eigenvalue weighted by Gasteiger charge is -2.49. The van der Waals surface area contributed by atoms with E-state index in [9.17, 15) is 27.6 Å². The SMILES string of the molecule is C=C(F)C(=O)N1C2CC(=O)CC1CN(c1nc(=O)n3c4c(c(-c5ccc(F)cc5F)c(C)cc14)SCC3)C2. The lowest BCUT2D eigenvalue weighted by Crippen LogP contribution is -2.64. The van der Waals surface area contributed by atoms with Gasteiger partial charge in [-0.1, -0.05) is 6.58 Å². The van der Waals surface area contributed by atoms with Crippen LogP contribution in [0.2, 0.25) is 0 Å². The van der Waals surface area contributed by atoms with Crippen LogP contribution in [0.3, 0.4) is 0 Å². The van der Waals surface area contributed by atoms with E-state index in [4.69, 9.17) is 0 Å². The number of nitrogens with zero attached hydrogens (tertiary/aromatic N) is 4. The Labute approximate surface area is 219 Å². The Hall–Kier alpha value is -3.60. The van der Waals surface area contributed by atoms with Crippen molar-refractivity contribution in [1.82, 2.24) is 14.5 Å². The molecule has 196 valence electrons. The molecule has 1 amide bonds. The Balaban J connectivity index is 1.52. The summed E-state index contributed by atoms with van der Waals surface area (Å²) in [4.78, 5) is 46.5. The summed E-state index contributed by atoms with van der Waals surface area (Å²) in [7, 11) is 0. The number of hydrogen-bond acceptors (Lipinski definition) is 6. The molecule has 3 aromatic rings. The van der Waals surface area contributed by atoms with Crippen LogP contribution < -0.4 is 10.6 Å². The summed E-state index contributed by atoms with van der Waals surface area (Å²) >= 11 is 1.50. The van der Waals surface area contributed by atoms with E-state index in [1.165, 1.54) is 28.8 Å². The Morgan fingerprint density at radius 1 is 1.13 bits per heavy atom. The van der Waals surface area contributed by atoms with E-state index in [0.29, 0.717) is 34.6 Å². The zero-order chi connectivity index (χ0) is 26.9. The lowest BCUT2D eigenvalue weighted by atomic mass is 9.89. The van der Waals surface area contributed by atoms with Gasteiger partial charge in [-0.15, -0.1) is 11.8 Å². The van der Waals surface area contributed by atoms with E-state index >= 15 is 0 Å². The van der Waals surface area contributed by atoms with Gasteiger partial charge in [0.25, 0.3) is 5.91 Å². The number of piperazine rings is 1. The minimum Gasteiger partial charge on any atom is -0.352 e. The summed E-state index contributed by atoms with van der Waals surface area (Å²) in [6.45, 7) is 5.79. The quantitative estimate of drug-likeness (QED) is 0.468. The number of fused-ring (bicyclic) bond motifs is 2. The molecule has 38 heavy (non-hydrogen) atoms. The fourth-order valence-corrected chi connectivity index (χ4v) is 7.26. The molecule has 0 spiro atoms. The maximum atomic E-state index is 14.9. The zero-order valence-corrected chi connectivity index (χ0v) is 21.3. The average molecular weight is 541 g/mol. The summed E-state index contributed by atoms with van der Waals surface area (Å²) in [5.74, 6) is -2.27. The number of aryl methyl sites for hydroxylation is 2. The number of aromatic nitrogens is 2. The van der Waals surface area contributed by atoms with Crippen molar-refractivity contribution in [1.29, 1.82) is 0 Å². The van der Waals surface area contributed by atoms with Gasteiger partial charge in [-0.05, 0) is 30.7 Å². The molecule has 2 unspecified atom stereocenters. The van der Waals surface area contributed by atoms with Crippen molar-refractivity contribution in [2.75, 3.05) is 23.7 Å². The molecular formula is C27H23F3N4O3S. The van der Waals surface area contributed by atoms with E-state index in [2.05, 4.69) is 11.6 Å². The maximum absolute atomic E-state index is 14.9. The first-order chi connectivity index (χ1) is 18.1. The molecule has 2 aromatic carbocycles. The van der Waals surface area contributed by atoms with Crippen molar-refractivity contribution in [3.05, 3.63) is 64.4 Å². The summed E-state index contributed by atoms with van der Waals surface area (Å²) in [6, 6.07) is 4.15. The van der Waals surface area contributed by atoms with Crippen molar-refractivity contribution in [2.45, 2.75) is 43.3 Å². The fraction of sp³-hybridized carbons (Fsp3) is 0.333. The lowest BCUT2D eigenvalue weighted by molar-refractivity contribution is -0.140. The van der Waals surface area contributed by atoms with Crippen LogP contribution in [0, 0.1) is 18.6 Å². The Morgan fingerprint density at radius 3 is 2.50 bits per heavy atom. The maximum Gasteiger partial charge on any atom is 0.350 e. The summed E-state index contributed by atoms with van der Waals surface area (Å²) < 4.78 is 43.9. The van der Waals surface area contributed by atoms with Crippen LogP contribution >= 0.6 is 11.8 Å². The minimum atomic E-state index is -1.08. The number of anilines is 1. The van der Waals surface area contributed by atoms with Crippen molar-refractivity contribution in [3.63, 3.8) is 0 Å². The van der Waals surface area contributed by atoms with Crippen molar-refractivity contribution in [3.8, 4) is 11.1 Å². The van der Waals surface area contributed by atoms with E-state index < -0.39 is 41.1 Å². The second-order valence-electron chi connectivity index (χ2n) is 9.91. The monoisotopic (exact) mass is 540 g/mol. The Bertz CT molecular complexity index is 1600. The number of halogens is 3. The van der Waals surface area contributed by atoms with Crippen LogP contribution in [0.25, 0.3) is 22.0 Å². The minimum absolute atomic E-state index is 0.00342. The van der Waals surface area contributed by atoms with Gasteiger partial charge < -0.3 is 9.80 Å². The van der Waals surface area contributed by atoms with Crippen LogP contribution in [0.4, 0.5) is 19.0 Å². The van der Waals surface area contributed by atoms with Crippen LogP contribution in [0.1, 0.15) is 18.4 Å². The summed E-state index contributed by atoms with van der Waals surface area (Å²) in [5, 5.41) is 0.689. The van der Waals surface area contributed by atoms with Gasteiger partial charge in [0.15, 0.2) is 5.83 Å². The van der Waals surface area contributed by atoms with Crippen LogP contribution in [-0.4, -0.2) is 57.1 Å².